The summed E-state index contributed by atoms with van der Waals surface area (Å²) < 4.78 is 28.4. The second-order valence-corrected chi connectivity index (χ2v) is 11.2. The van der Waals surface area contributed by atoms with Crippen molar-refractivity contribution in [1.29, 1.82) is 0 Å². The van der Waals surface area contributed by atoms with Gasteiger partial charge in [-0.2, -0.15) is 0 Å². The monoisotopic (exact) mass is 526 g/mol. The third-order valence-corrected chi connectivity index (χ3v) is 8.77. The summed E-state index contributed by atoms with van der Waals surface area (Å²) >= 11 is 12.0. The molecule has 0 saturated carbocycles. The molecule has 4 aromatic rings. The molecule has 0 fully saturated rings. The molecule has 1 atom stereocenters. The lowest BCUT2D eigenvalue weighted by atomic mass is 9.96. The number of nitrogens with zero attached hydrogens (tertiary/aromatic N) is 2. The number of amides is 1. The molecule has 0 bridgehead atoms. The lowest BCUT2D eigenvalue weighted by Gasteiger charge is -2.46. The zero-order valence-electron chi connectivity index (χ0n) is 18.5. The van der Waals surface area contributed by atoms with Gasteiger partial charge < -0.3 is 14.8 Å². The van der Waals surface area contributed by atoms with E-state index < -0.39 is 10.0 Å². The number of H-pyrrole nitrogens is 1. The summed E-state index contributed by atoms with van der Waals surface area (Å²) in [7, 11) is -2.04. The molecular formula is C25H20Cl2N4O3S. The number of benzene rings is 3. The van der Waals surface area contributed by atoms with Crippen LogP contribution in [0.5, 0.6) is 0 Å². The lowest BCUT2D eigenvalue weighted by molar-refractivity contribution is 0.0634. The van der Waals surface area contributed by atoms with Crippen molar-refractivity contribution in [2.45, 2.75) is 17.5 Å². The Morgan fingerprint density at radius 3 is 2.66 bits per heavy atom. The minimum absolute atomic E-state index is 0.0177. The van der Waals surface area contributed by atoms with Crippen molar-refractivity contribution in [3.8, 4) is 0 Å². The highest BCUT2D eigenvalue weighted by molar-refractivity contribution is 7.92. The Bertz CT molecular complexity index is 1630. The van der Waals surface area contributed by atoms with Crippen LogP contribution in [0.1, 0.15) is 27.8 Å². The summed E-state index contributed by atoms with van der Waals surface area (Å²) in [6.07, 6.45) is 0.480. The molecule has 6 rings (SSSR count). The topological polar surface area (TPSA) is 85.5 Å². The van der Waals surface area contributed by atoms with E-state index in [1.165, 1.54) is 29.1 Å². The number of aromatic nitrogens is 1. The number of hydrogen-bond acceptors (Lipinski definition) is 4. The van der Waals surface area contributed by atoms with Gasteiger partial charge in [0.25, 0.3) is 15.9 Å². The maximum absolute atomic E-state index is 13.6. The predicted octanol–water partition coefficient (Wildman–Crippen LogP) is 5.42. The second-order valence-electron chi connectivity index (χ2n) is 8.71. The fourth-order valence-electron chi connectivity index (χ4n) is 5.10. The molecule has 2 aliphatic rings. The van der Waals surface area contributed by atoms with Crippen molar-refractivity contribution in [1.82, 2.24) is 9.88 Å². The molecular weight excluding hydrogens is 507 g/mol. The van der Waals surface area contributed by atoms with E-state index in [9.17, 15) is 13.2 Å². The average Bonchev–Trinajstić information content (AvgIpc) is 3.20. The van der Waals surface area contributed by atoms with Gasteiger partial charge in [-0.1, -0.05) is 41.4 Å². The highest BCUT2D eigenvalue weighted by atomic mass is 35.5. The smallest absolute Gasteiger partial charge is 0.263 e. The van der Waals surface area contributed by atoms with Crippen molar-refractivity contribution in [3.05, 3.63) is 87.5 Å². The third kappa shape index (κ3) is 3.47. The third-order valence-electron chi connectivity index (χ3n) is 6.67. The van der Waals surface area contributed by atoms with E-state index in [0.29, 0.717) is 17.1 Å². The van der Waals surface area contributed by atoms with Gasteiger partial charge in [0.1, 0.15) is 11.1 Å². The molecule has 0 radical (unpaired) electrons. The Labute approximate surface area is 212 Å². The van der Waals surface area contributed by atoms with Gasteiger partial charge >= 0.3 is 0 Å². The van der Waals surface area contributed by atoms with E-state index >= 15 is 0 Å². The van der Waals surface area contributed by atoms with Crippen LogP contribution in [-0.2, 0) is 16.4 Å². The van der Waals surface area contributed by atoms with Crippen LogP contribution in [0.15, 0.2) is 65.6 Å². The number of carbonyl (C=O) groups excluding carboxylic acids is 1. The fraction of sp³-hybridized carbons (Fsp3) is 0.160. The molecule has 2 N–H and O–H groups in total. The van der Waals surface area contributed by atoms with E-state index in [4.69, 9.17) is 23.2 Å². The number of hydrogen-bond donors (Lipinski definition) is 2. The normalized spacial score (nSPS) is 17.2. The van der Waals surface area contributed by atoms with Crippen LogP contribution in [0.25, 0.3) is 10.9 Å². The molecule has 1 unspecified atom stereocenters. The summed E-state index contributed by atoms with van der Waals surface area (Å²) in [5.41, 5.74) is 4.74. The quantitative estimate of drug-likeness (QED) is 0.373. The summed E-state index contributed by atoms with van der Waals surface area (Å²) in [6, 6.07) is 17.3. The van der Waals surface area contributed by atoms with Gasteiger partial charge in [-0.15, -0.1) is 0 Å². The summed E-state index contributed by atoms with van der Waals surface area (Å²) in [6.45, 7) is 0.568. The molecule has 3 aromatic carbocycles. The van der Waals surface area contributed by atoms with Crippen molar-refractivity contribution in [3.63, 3.8) is 0 Å². The first kappa shape index (κ1) is 22.3. The van der Waals surface area contributed by atoms with E-state index in [1.807, 2.05) is 30.1 Å². The summed E-state index contributed by atoms with van der Waals surface area (Å²) in [5.74, 6) is -0.141. The Morgan fingerprint density at radius 1 is 1.06 bits per heavy atom. The van der Waals surface area contributed by atoms with E-state index in [2.05, 4.69) is 20.7 Å². The molecule has 10 heteroatoms. The molecule has 1 aromatic heterocycles. The standard InChI is InChI=1S/C25H20Cl2N4O3S/c1-30-21-8-7-15(29-35(33,34)22-9-6-14(26)12-19(22)27)13-18(21)25(32)31-11-10-17-16-4-2-3-5-20(16)28-23(17)24(30)31/h2-9,12-13,24,28-29H,10-11H2,1H3. The summed E-state index contributed by atoms with van der Waals surface area (Å²) in [5, 5.41) is 1.54. The number of anilines is 2. The average molecular weight is 527 g/mol. The molecule has 2 aliphatic heterocycles. The fourth-order valence-corrected chi connectivity index (χ4v) is 6.93. The zero-order chi connectivity index (χ0) is 24.5. The molecule has 178 valence electrons. The minimum Gasteiger partial charge on any atom is -0.355 e. The highest BCUT2D eigenvalue weighted by Crippen LogP contribution is 2.43. The SMILES string of the molecule is CN1c2ccc(NS(=O)(=O)c3ccc(Cl)cc3Cl)cc2C(=O)N2CCc3c([nH]c4ccccc34)C21. The molecule has 3 heterocycles. The van der Waals surface area contributed by atoms with Crippen molar-refractivity contribution < 1.29 is 13.2 Å². The second kappa shape index (κ2) is 7.91. The van der Waals surface area contributed by atoms with Gasteiger partial charge in [-0.25, -0.2) is 8.42 Å². The van der Waals surface area contributed by atoms with Crippen LogP contribution < -0.4 is 9.62 Å². The van der Waals surface area contributed by atoms with Gasteiger partial charge in [0, 0.05) is 35.2 Å². The number of fused-ring (bicyclic) bond motifs is 6. The van der Waals surface area contributed by atoms with Crippen molar-refractivity contribution >= 4 is 61.4 Å². The van der Waals surface area contributed by atoms with Gasteiger partial charge in [0.15, 0.2) is 0 Å². The largest absolute Gasteiger partial charge is 0.355 e. The number of carbonyl (C=O) groups is 1. The van der Waals surface area contributed by atoms with Crippen LogP contribution in [0.3, 0.4) is 0 Å². The number of aromatic amines is 1. The predicted molar refractivity (Wildman–Crippen MR) is 138 cm³/mol. The zero-order valence-corrected chi connectivity index (χ0v) is 20.9. The molecule has 7 nitrogen and oxygen atoms in total. The van der Waals surface area contributed by atoms with E-state index in [-0.39, 0.29) is 27.7 Å². The Hall–Kier alpha value is -3.20. The molecule has 0 spiro atoms. The minimum atomic E-state index is -3.98. The highest BCUT2D eigenvalue weighted by Gasteiger charge is 2.41. The molecule has 0 saturated heterocycles. The number of rotatable bonds is 3. The first-order valence-corrected chi connectivity index (χ1v) is 13.2. The van der Waals surface area contributed by atoms with Gasteiger partial charge in [0.2, 0.25) is 0 Å². The van der Waals surface area contributed by atoms with E-state index in [0.717, 1.165) is 23.3 Å². The Morgan fingerprint density at radius 2 is 1.86 bits per heavy atom. The number of halogens is 2. The molecule has 35 heavy (non-hydrogen) atoms. The van der Waals surface area contributed by atoms with Crippen LogP contribution >= 0.6 is 23.2 Å². The maximum Gasteiger partial charge on any atom is 0.263 e. The van der Waals surface area contributed by atoms with Gasteiger partial charge in [0.05, 0.1) is 22.0 Å². The lowest BCUT2D eigenvalue weighted by Crippen LogP contribution is -2.51. The van der Waals surface area contributed by atoms with Gasteiger partial charge in [-0.05, 0) is 54.4 Å². The number of nitrogens with one attached hydrogen (secondary N) is 2. The number of sulfonamides is 1. The number of para-hydroxylation sites is 1. The maximum atomic E-state index is 13.6. The van der Waals surface area contributed by atoms with Crippen LogP contribution in [-0.4, -0.2) is 37.8 Å². The summed E-state index contributed by atoms with van der Waals surface area (Å²) in [4.78, 5) is 20.9. The van der Waals surface area contributed by atoms with Crippen molar-refractivity contribution in [2.75, 3.05) is 23.2 Å². The van der Waals surface area contributed by atoms with Crippen LogP contribution in [0.4, 0.5) is 11.4 Å². The van der Waals surface area contributed by atoms with Crippen LogP contribution in [0.2, 0.25) is 10.0 Å². The molecule has 0 aliphatic carbocycles. The van der Waals surface area contributed by atoms with Crippen molar-refractivity contribution in [2.24, 2.45) is 0 Å². The molecule has 1 amide bonds. The first-order chi connectivity index (χ1) is 16.7. The van der Waals surface area contributed by atoms with Gasteiger partial charge in [-0.3, -0.25) is 9.52 Å². The Balaban J connectivity index is 1.37. The van der Waals surface area contributed by atoms with Crippen LogP contribution in [0, 0.1) is 0 Å². The Kier molecular flexibility index (Phi) is 5.03. The first-order valence-electron chi connectivity index (χ1n) is 11.0. The van der Waals surface area contributed by atoms with E-state index in [1.54, 1.807) is 18.2 Å².